The number of rotatable bonds is 7. The summed E-state index contributed by atoms with van der Waals surface area (Å²) in [6.45, 7) is 4.55. The Hall–Kier alpha value is -0.870. The fourth-order valence-electron chi connectivity index (χ4n) is 2.51. The molecular weight excluding hydrogens is 256 g/mol. The van der Waals surface area contributed by atoms with Crippen molar-refractivity contribution in [2.75, 3.05) is 26.2 Å². The number of thiophene rings is 1. The molecule has 1 aliphatic rings. The fourth-order valence-corrected chi connectivity index (χ4v) is 3.21. The van der Waals surface area contributed by atoms with Crippen LogP contribution in [0.3, 0.4) is 0 Å². The predicted octanol–water partition coefficient (Wildman–Crippen LogP) is 2.67. The van der Waals surface area contributed by atoms with Crippen LogP contribution in [-0.4, -0.2) is 37.0 Å². The second-order valence-corrected chi connectivity index (χ2v) is 6.25. The van der Waals surface area contributed by atoms with Gasteiger partial charge in [0.15, 0.2) is 0 Å². The molecule has 4 heteroatoms. The lowest BCUT2D eigenvalue weighted by molar-refractivity contribution is -0.120. The molecule has 0 spiro atoms. The molecule has 1 aromatic heterocycles. The molecule has 19 heavy (non-hydrogen) atoms. The molecule has 0 aromatic carbocycles. The zero-order chi connectivity index (χ0) is 13.3. The Morgan fingerprint density at radius 1 is 1.26 bits per heavy atom. The van der Waals surface area contributed by atoms with Gasteiger partial charge >= 0.3 is 0 Å². The molecule has 1 N–H and O–H groups in total. The van der Waals surface area contributed by atoms with Gasteiger partial charge in [0, 0.05) is 11.4 Å². The molecular formula is C15H24N2OS. The Labute approximate surface area is 120 Å². The number of carbonyl (C=O) groups is 1. The number of nitrogens with zero attached hydrogens (tertiary/aromatic N) is 1. The molecule has 1 aromatic rings. The lowest BCUT2D eigenvalue weighted by Crippen LogP contribution is -2.31. The number of unbranched alkanes of at least 4 members (excludes halogenated alkanes) is 1. The van der Waals surface area contributed by atoms with Crippen LogP contribution >= 0.6 is 11.3 Å². The number of likely N-dealkylation sites (tertiary alicyclic amines) is 1. The molecule has 2 heterocycles. The maximum atomic E-state index is 11.7. The number of hydrogen-bond donors (Lipinski definition) is 1. The Bertz CT molecular complexity index is 358. The highest BCUT2D eigenvalue weighted by atomic mass is 32.1. The first-order valence-corrected chi connectivity index (χ1v) is 8.24. The van der Waals surface area contributed by atoms with Crippen LogP contribution in [0.25, 0.3) is 0 Å². The Morgan fingerprint density at radius 3 is 2.84 bits per heavy atom. The van der Waals surface area contributed by atoms with Gasteiger partial charge in [0.1, 0.15) is 0 Å². The Balaban J connectivity index is 1.48. The van der Waals surface area contributed by atoms with Crippen molar-refractivity contribution < 1.29 is 4.79 Å². The van der Waals surface area contributed by atoms with Crippen LogP contribution in [0.1, 0.15) is 37.0 Å². The number of amides is 1. The van der Waals surface area contributed by atoms with Crippen molar-refractivity contribution >= 4 is 17.2 Å². The summed E-state index contributed by atoms with van der Waals surface area (Å²) in [5.41, 5.74) is 0. The van der Waals surface area contributed by atoms with Crippen LogP contribution in [0.15, 0.2) is 17.5 Å². The minimum atomic E-state index is 0.153. The van der Waals surface area contributed by atoms with E-state index in [4.69, 9.17) is 0 Å². The smallest absolute Gasteiger partial charge is 0.225 e. The van der Waals surface area contributed by atoms with E-state index in [1.165, 1.54) is 45.3 Å². The quantitative estimate of drug-likeness (QED) is 0.779. The highest BCUT2D eigenvalue weighted by Crippen LogP contribution is 2.10. The van der Waals surface area contributed by atoms with Crippen LogP contribution < -0.4 is 5.32 Å². The van der Waals surface area contributed by atoms with Crippen molar-refractivity contribution in [3.8, 4) is 0 Å². The second kappa shape index (κ2) is 8.33. The van der Waals surface area contributed by atoms with E-state index in [-0.39, 0.29) is 5.91 Å². The van der Waals surface area contributed by atoms with E-state index in [9.17, 15) is 4.79 Å². The first-order valence-electron chi connectivity index (χ1n) is 7.36. The third kappa shape index (κ3) is 5.74. The second-order valence-electron chi connectivity index (χ2n) is 5.22. The number of piperidine rings is 1. The van der Waals surface area contributed by atoms with E-state index in [2.05, 4.69) is 10.2 Å². The van der Waals surface area contributed by atoms with Gasteiger partial charge in [0.25, 0.3) is 0 Å². The standard InChI is InChI=1S/C15H24N2OS/c18-15(13-14-7-6-12-19-14)16-8-2-5-11-17-9-3-1-4-10-17/h6-7,12H,1-5,8-11,13H2,(H,16,18). The summed E-state index contributed by atoms with van der Waals surface area (Å²) < 4.78 is 0. The number of hydrogen-bond acceptors (Lipinski definition) is 3. The van der Waals surface area contributed by atoms with Gasteiger partial charge in [-0.2, -0.15) is 0 Å². The normalized spacial score (nSPS) is 16.4. The van der Waals surface area contributed by atoms with Crippen molar-refractivity contribution in [2.45, 2.75) is 38.5 Å². The zero-order valence-corrected chi connectivity index (χ0v) is 12.4. The predicted molar refractivity (Wildman–Crippen MR) is 80.6 cm³/mol. The molecule has 1 fully saturated rings. The van der Waals surface area contributed by atoms with Crippen molar-refractivity contribution in [3.05, 3.63) is 22.4 Å². The maximum absolute atomic E-state index is 11.7. The average Bonchev–Trinajstić information content (AvgIpc) is 2.92. The topological polar surface area (TPSA) is 32.3 Å². The monoisotopic (exact) mass is 280 g/mol. The van der Waals surface area contributed by atoms with E-state index < -0.39 is 0 Å². The summed E-state index contributed by atoms with van der Waals surface area (Å²) in [5.74, 6) is 0.153. The third-order valence-electron chi connectivity index (χ3n) is 3.59. The van der Waals surface area contributed by atoms with Crippen molar-refractivity contribution in [3.63, 3.8) is 0 Å². The molecule has 0 unspecified atom stereocenters. The van der Waals surface area contributed by atoms with Gasteiger partial charge in [-0.3, -0.25) is 4.79 Å². The number of carbonyl (C=O) groups excluding carboxylic acids is 1. The molecule has 1 aliphatic heterocycles. The fraction of sp³-hybridized carbons (Fsp3) is 0.667. The molecule has 1 amide bonds. The van der Waals surface area contributed by atoms with E-state index >= 15 is 0 Å². The lowest BCUT2D eigenvalue weighted by Gasteiger charge is -2.26. The van der Waals surface area contributed by atoms with E-state index in [0.29, 0.717) is 6.42 Å². The summed E-state index contributed by atoms with van der Waals surface area (Å²) in [4.78, 5) is 15.4. The van der Waals surface area contributed by atoms with E-state index in [1.54, 1.807) is 11.3 Å². The molecule has 0 atom stereocenters. The molecule has 0 bridgehead atoms. The van der Waals surface area contributed by atoms with Crippen LogP contribution in [0.2, 0.25) is 0 Å². The van der Waals surface area contributed by atoms with Crippen LogP contribution in [0.5, 0.6) is 0 Å². The molecule has 106 valence electrons. The molecule has 2 rings (SSSR count). The summed E-state index contributed by atoms with van der Waals surface area (Å²) in [7, 11) is 0. The average molecular weight is 280 g/mol. The lowest BCUT2D eigenvalue weighted by atomic mass is 10.1. The van der Waals surface area contributed by atoms with Gasteiger partial charge in [-0.1, -0.05) is 12.5 Å². The highest BCUT2D eigenvalue weighted by Gasteiger charge is 2.09. The van der Waals surface area contributed by atoms with Gasteiger partial charge in [0.05, 0.1) is 6.42 Å². The van der Waals surface area contributed by atoms with E-state index in [1.807, 2.05) is 17.5 Å². The van der Waals surface area contributed by atoms with Gasteiger partial charge in [-0.25, -0.2) is 0 Å². The maximum Gasteiger partial charge on any atom is 0.225 e. The van der Waals surface area contributed by atoms with Crippen LogP contribution in [-0.2, 0) is 11.2 Å². The highest BCUT2D eigenvalue weighted by molar-refractivity contribution is 7.10. The zero-order valence-electron chi connectivity index (χ0n) is 11.6. The first-order chi connectivity index (χ1) is 9.34. The minimum absolute atomic E-state index is 0.153. The Kier molecular flexibility index (Phi) is 6.37. The van der Waals surface area contributed by atoms with Gasteiger partial charge in [-0.15, -0.1) is 11.3 Å². The molecule has 0 radical (unpaired) electrons. The minimum Gasteiger partial charge on any atom is -0.356 e. The third-order valence-corrected chi connectivity index (χ3v) is 4.46. The van der Waals surface area contributed by atoms with Gasteiger partial charge in [0.2, 0.25) is 5.91 Å². The van der Waals surface area contributed by atoms with Crippen LogP contribution in [0.4, 0.5) is 0 Å². The summed E-state index contributed by atoms with van der Waals surface area (Å²) in [6, 6.07) is 4.01. The molecule has 0 aliphatic carbocycles. The molecule has 3 nitrogen and oxygen atoms in total. The van der Waals surface area contributed by atoms with Gasteiger partial charge < -0.3 is 10.2 Å². The molecule has 1 saturated heterocycles. The summed E-state index contributed by atoms with van der Waals surface area (Å²) >= 11 is 1.65. The largest absolute Gasteiger partial charge is 0.356 e. The first kappa shape index (κ1) is 14.5. The number of nitrogens with one attached hydrogen (secondary N) is 1. The summed E-state index contributed by atoms with van der Waals surface area (Å²) in [6.07, 6.45) is 6.93. The van der Waals surface area contributed by atoms with Crippen LogP contribution in [0, 0.1) is 0 Å². The van der Waals surface area contributed by atoms with Gasteiger partial charge in [-0.05, 0) is 56.8 Å². The van der Waals surface area contributed by atoms with Crippen molar-refractivity contribution in [1.82, 2.24) is 10.2 Å². The van der Waals surface area contributed by atoms with Crippen molar-refractivity contribution in [2.24, 2.45) is 0 Å². The van der Waals surface area contributed by atoms with E-state index in [0.717, 1.165) is 17.8 Å². The summed E-state index contributed by atoms with van der Waals surface area (Å²) in [5, 5.41) is 5.02. The SMILES string of the molecule is O=C(Cc1cccs1)NCCCCN1CCCCC1. The Morgan fingerprint density at radius 2 is 2.11 bits per heavy atom. The molecule has 0 saturated carbocycles. The van der Waals surface area contributed by atoms with Crippen molar-refractivity contribution in [1.29, 1.82) is 0 Å².